The van der Waals surface area contributed by atoms with Crippen molar-refractivity contribution in [2.45, 2.75) is 90.5 Å². The van der Waals surface area contributed by atoms with E-state index in [9.17, 15) is 0 Å². The Hall–Kier alpha value is -2.35. The molecule has 0 saturated carbocycles. The molecule has 0 bridgehead atoms. The van der Waals surface area contributed by atoms with Gasteiger partial charge in [0, 0.05) is 11.1 Å². The highest BCUT2D eigenvalue weighted by atomic mass is 15.1. The first-order valence-corrected chi connectivity index (χ1v) is 12.4. The van der Waals surface area contributed by atoms with Crippen LogP contribution in [0.2, 0.25) is 0 Å². The summed E-state index contributed by atoms with van der Waals surface area (Å²) in [7, 11) is 0. The van der Waals surface area contributed by atoms with Gasteiger partial charge < -0.3 is 4.57 Å². The van der Waals surface area contributed by atoms with Crippen LogP contribution in [0.5, 0.6) is 0 Å². The zero-order valence-electron chi connectivity index (χ0n) is 19.8. The number of rotatable bonds is 13. The molecule has 3 rings (SSSR count). The van der Waals surface area contributed by atoms with Gasteiger partial charge in [0.05, 0.1) is 11.9 Å². The van der Waals surface area contributed by atoms with Gasteiger partial charge in [0.1, 0.15) is 5.82 Å². The first-order valence-electron chi connectivity index (χ1n) is 12.4. The summed E-state index contributed by atoms with van der Waals surface area (Å²) in [5, 5.41) is 0. The molecule has 0 spiro atoms. The molecule has 0 saturated heterocycles. The van der Waals surface area contributed by atoms with Crippen LogP contribution in [-0.4, -0.2) is 9.55 Å². The lowest BCUT2D eigenvalue weighted by Gasteiger charge is -2.35. The van der Waals surface area contributed by atoms with Gasteiger partial charge in [-0.3, -0.25) is 0 Å². The van der Waals surface area contributed by atoms with Crippen molar-refractivity contribution in [2.24, 2.45) is 0 Å². The number of hydrogen-bond acceptors (Lipinski definition) is 1. The third-order valence-corrected chi connectivity index (χ3v) is 6.54. The Bertz CT molecular complexity index is 811. The molecular weight excluding hydrogens is 376 g/mol. The molecule has 0 N–H and O–H groups in total. The molecule has 3 aromatic rings. The van der Waals surface area contributed by atoms with Crippen LogP contribution >= 0.6 is 0 Å². The fraction of sp³-hybridized carbons (Fsp3) is 0.483. The summed E-state index contributed by atoms with van der Waals surface area (Å²) in [5.74, 6) is 1.10. The van der Waals surface area contributed by atoms with E-state index < -0.39 is 0 Å². The highest BCUT2D eigenvalue weighted by Crippen LogP contribution is 2.39. The van der Waals surface area contributed by atoms with E-state index in [0.717, 1.165) is 5.82 Å². The normalized spacial score (nSPS) is 11.7. The molecular formula is C29H40N2. The molecule has 1 heterocycles. The lowest BCUT2D eigenvalue weighted by atomic mass is 9.86. The Morgan fingerprint density at radius 3 is 1.71 bits per heavy atom. The zero-order valence-corrected chi connectivity index (χ0v) is 19.8. The molecule has 31 heavy (non-hydrogen) atoms. The molecule has 0 amide bonds. The summed E-state index contributed by atoms with van der Waals surface area (Å²) in [6.07, 6.45) is 14.9. The number of nitrogens with zero attached hydrogens (tertiary/aromatic N) is 2. The van der Waals surface area contributed by atoms with Crippen LogP contribution in [0.1, 0.15) is 85.0 Å². The van der Waals surface area contributed by atoms with Crippen molar-refractivity contribution in [3.8, 4) is 22.6 Å². The average Bonchev–Trinajstić information content (AvgIpc) is 3.27. The van der Waals surface area contributed by atoms with Crippen molar-refractivity contribution in [3.63, 3.8) is 0 Å². The Balaban J connectivity index is 2.04. The van der Waals surface area contributed by atoms with E-state index in [4.69, 9.17) is 4.98 Å². The summed E-state index contributed by atoms with van der Waals surface area (Å²) in [6, 6.07) is 21.5. The summed E-state index contributed by atoms with van der Waals surface area (Å²) in [4.78, 5) is 4.98. The molecule has 0 fully saturated rings. The third kappa shape index (κ3) is 6.09. The van der Waals surface area contributed by atoms with Crippen LogP contribution in [0.4, 0.5) is 0 Å². The van der Waals surface area contributed by atoms with Crippen LogP contribution in [0.3, 0.4) is 0 Å². The first kappa shape index (κ1) is 23.3. The van der Waals surface area contributed by atoms with Crippen molar-refractivity contribution in [3.05, 3.63) is 66.9 Å². The maximum absolute atomic E-state index is 4.98. The molecule has 0 unspecified atom stereocenters. The summed E-state index contributed by atoms with van der Waals surface area (Å²) < 4.78 is 2.58. The van der Waals surface area contributed by atoms with Gasteiger partial charge in [0.15, 0.2) is 0 Å². The summed E-state index contributed by atoms with van der Waals surface area (Å²) >= 11 is 0. The molecule has 0 aliphatic rings. The SMILES string of the molecule is CCCCCCC(C)(CCCCCC)n1c(-c2ccccc2)cnc1-c1ccccc1. The van der Waals surface area contributed by atoms with Gasteiger partial charge in [-0.15, -0.1) is 0 Å². The predicted molar refractivity (Wildman–Crippen MR) is 134 cm³/mol. The largest absolute Gasteiger partial charge is 0.318 e. The Kier molecular flexibility index (Phi) is 8.94. The fourth-order valence-corrected chi connectivity index (χ4v) is 4.72. The number of hydrogen-bond donors (Lipinski definition) is 0. The summed E-state index contributed by atoms with van der Waals surface area (Å²) in [6.45, 7) is 7.06. The molecule has 2 nitrogen and oxygen atoms in total. The van der Waals surface area contributed by atoms with Crippen LogP contribution in [0.25, 0.3) is 22.6 Å². The van der Waals surface area contributed by atoms with Crippen molar-refractivity contribution >= 4 is 0 Å². The summed E-state index contributed by atoms with van der Waals surface area (Å²) in [5.41, 5.74) is 3.77. The van der Waals surface area contributed by atoms with E-state index in [1.54, 1.807) is 0 Å². The van der Waals surface area contributed by atoms with Crippen molar-refractivity contribution < 1.29 is 0 Å². The van der Waals surface area contributed by atoms with Gasteiger partial charge in [0.2, 0.25) is 0 Å². The van der Waals surface area contributed by atoms with Gasteiger partial charge in [-0.2, -0.15) is 0 Å². The first-order chi connectivity index (χ1) is 15.2. The number of aromatic nitrogens is 2. The van der Waals surface area contributed by atoms with Crippen molar-refractivity contribution in [2.75, 3.05) is 0 Å². The van der Waals surface area contributed by atoms with E-state index in [-0.39, 0.29) is 5.54 Å². The second kappa shape index (κ2) is 11.9. The Labute approximate surface area is 189 Å². The topological polar surface area (TPSA) is 17.8 Å². The molecule has 0 radical (unpaired) electrons. The molecule has 0 aliphatic carbocycles. The molecule has 0 aliphatic heterocycles. The van der Waals surface area contributed by atoms with E-state index in [0.29, 0.717) is 0 Å². The van der Waals surface area contributed by atoms with Crippen LogP contribution in [-0.2, 0) is 5.54 Å². The van der Waals surface area contributed by atoms with Gasteiger partial charge in [-0.25, -0.2) is 4.98 Å². The van der Waals surface area contributed by atoms with E-state index in [1.807, 2.05) is 0 Å². The predicted octanol–water partition coefficient (Wildman–Crippen LogP) is 8.87. The average molecular weight is 417 g/mol. The number of benzene rings is 2. The second-order valence-corrected chi connectivity index (χ2v) is 9.15. The van der Waals surface area contributed by atoms with E-state index in [2.05, 4.69) is 92.2 Å². The van der Waals surface area contributed by atoms with Crippen LogP contribution in [0, 0.1) is 0 Å². The smallest absolute Gasteiger partial charge is 0.140 e. The minimum absolute atomic E-state index is 0.0638. The van der Waals surface area contributed by atoms with Crippen LogP contribution in [0.15, 0.2) is 66.9 Å². The second-order valence-electron chi connectivity index (χ2n) is 9.15. The van der Waals surface area contributed by atoms with Crippen molar-refractivity contribution in [1.82, 2.24) is 9.55 Å². The monoisotopic (exact) mass is 416 g/mol. The van der Waals surface area contributed by atoms with Gasteiger partial charge in [-0.05, 0) is 25.3 Å². The minimum atomic E-state index is 0.0638. The molecule has 1 aromatic heterocycles. The maximum atomic E-state index is 4.98. The van der Waals surface area contributed by atoms with Gasteiger partial charge in [-0.1, -0.05) is 126 Å². The lowest BCUT2D eigenvalue weighted by molar-refractivity contribution is 0.256. The third-order valence-electron chi connectivity index (χ3n) is 6.54. The Morgan fingerprint density at radius 1 is 0.677 bits per heavy atom. The Morgan fingerprint density at radius 2 is 1.19 bits per heavy atom. The fourth-order valence-electron chi connectivity index (χ4n) is 4.72. The van der Waals surface area contributed by atoms with Gasteiger partial charge >= 0.3 is 0 Å². The van der Waals surface area contributed by atoms with E-state index >= 15 is 0 Å². The molecule has 2 heteroatoms. The zero-order chi connectivity index (χ0) is 21.9. The lowest BCUT2D eigenvalue weighted by Crippen LogP contribution is -2.31. The van der Waals surface area contributed by atoms with E-state index in [1.165, 1.54) is 81.0 Å². The highest BCUT2D eigenvalue weighted by molar-refractivity contribution is 5.66. The number of unbranched alkanes of at least 4 members (excludes halogenated alkanes) is 6. The van der Waals surface area contributed by atoms with Gasteiger partial charge in [0.25, 0.3) is 0 Å². The quantitative estimate of drug-likeness (QED) is 0.254. The highest BCUT2D eigenvalue weighted by Gasteiger charge is 2.31. The number of imidazole rings is 1. The molecule has 2 aromatic carbocycles. The van der Waals surface area contributed by atoms with Crippen molar-refractivity contribution in [1.29, 1.82) is 0 Å². The maximum Gasteiger partial charge on any atom is 0.140 e. The minimum Gasteiger partial charge on any atom is -0.318 e. The molecule has 166 valence electrons. The van der Waals surface area contributed by atoms with Crippen LogP contribution < -0.4 is 0 Å². The molecule has 0 atom stereocenters. The standard InChI is InChI=1S/C29H40N2/c1-4-6-8-16-22-29(3,23-17-9-7-5-2)31-27(25-18-12-10-13-19-25)24-30-28(31)26-20-14-11-15-21-26/h10-15,18-21,24H,4-9,16-17,22-23H2,1-3H3.